The molecule has 0 aromatic carbocycles. The summed E-state index contributed by atoms with van der Waals surface area (Å²) in [6.07, 6.45) is 3.81. The summed E-state index contributed by atoms with van der Waals surface area (Å²) in [7, 11) is 0. The highest BCUT2D eigenvalue weighted by Crippen LogP contribution is 2.34. The summed E-state index contributed by atoms with van der Waals surface area (Å²) >= 11 is 5.50. The van der Waals surface area contributed by atoms with Crippen LogP contribution in [-0.4, -0.2) is 6.54 Å². The summed E-state index contributed by atoms with van der Waals surface area (Å²) in [5.74, 6) is 0. The molecule has 104 valence electrons. The Morgan fingerprint density at radius 2 is 2.06 bits per heavy atom. The molecule has 1 aromatic rings. The Morgan fingerprint density at radius 3 is 2.50 bits per heavy atom. The molecule has 0 aliphatic rings. The second kappa shape index (κ2) is 7.06. The van der Waals surface area contributed by atoms with E-state index < -0.39 is 0 Å². The number of thiophene rings is 1. The highest BCUT2D eigenvalue weighted by atomic mass is 79.9. The minimum atomic E-state index is 0.447. The van der Waals surface area contributed by atoms with Gasteiger partial charge in [0.2, 0.25) is 0 Å². The number of halogens is 1. The van der Waals surface area contributed by atoms with Crippen molar-refractivity contribution in [2.24, 2.45) is 5.41 Å². The number of aryl methyl sites for hydroxylation is 1. The van der Waals surface area contributed by atoms with Gasteiger partial charge in [0.15, 0.2) is 0 Å². The third-order valence-electron chi connectivity index (χ3n) is 3.09. The molecule has 0 bridgehead atoms. The fourth-order valence-corrected chi connectivity index (χ4v) is 3.76. The molecule has 1 atom stereocenters. The van der Waals surface area contributed by atoms with Crippen molar-refractivity contribution < 1.29 is 0 Å². The first-order valence-electron chi connectivity index (χ1n) is 6.82. The maximum absolute atomic E-state index is 3.63. The zero-order valence-corrected chi connectivity index (χ0v) is 14.7. The molecule has 0 aliphatic heterocycles. The Kier molecular flexibility index (Phi) is 6.36. The maximum atomic E-state index is 3.63. The van der Waals surface area contributed by atoms with Gasteiger partial charge in [-0.1, -0.05) is 34.1 Å². The van der Waals surface area contributed by atoms with E-state index in [4.69, 9.17) is 0 Å². The smallest absolute Gasteiger partial charge is 0.0731 e. The molecule has 0 amide bonds. The van der Waals surface area contributed by atoms with E-state index in [1.54, 1.807) is 0 Å². The quantitative estimate of drug-likeness (QED) is 0.706. The first-order chi connectivity index (χ1) is 8.33. The molecule has 0 spiro atoms. The van der Waals surface area contributed by atoms with Crippen LogP contribution in [0.1, 0.15) is 63.4 Å². The number of hydrogen-bond acceptors (Lipinski definition) is 2. The molecule has 18 heavy (non-hydrogen) atoms. The SMILES string of the molecule is CCNC(CCCC(C)(C)C)c1cc(C)c(Br)s1. The fraction of sp³-hybridized carbons (Fsp3) is 0.733. The molecule has 1 aromatic heterocycles. The Hall–Kier alpha value is 0.140. The van der Waals surface area contributed by atoms with Crippen LogP contribution in [0, 0.1) is 12.3 Å². The third kappa shape index (κ3) is 5.41. The second-order valence-corrected chi connectivity index (χ2v) is 8.57. The van der Waals surface area contributed by atoms with E-state index >= 15 is 0 Å². The van der Waals surface area contributed by atoms with Gasteiger partial charge >= 0.3 is 0 Å². The van der Waals surface area contributed by atoms with Crippen molar-refractivity contribution in [1.82, 2.24) is 5.32 Å². The normalized spacial score (nSPS) is 13.9. The van der Waals surface area contributed by atoms with E-state index in [9.17, 15) is 0 Å². The first-order valence-corrected chi connectivity index (χ1v) is 8.43. The molecule has 0 aliphatic carbocycles. The Bertz CT molecular complexity index is 346. The minimum Gasteiger partial charge on any atom is -0.310 e. The molecule has 0 radical (unpaired) electrons. The van der Waals surface area contributed by atoms with Crippen molar-refractivity contribution in [3.8, 4) is 0 Å². The molecular weight excluding hydrogens is 306 g/mol. The zero-order valence-electron chi connectivity index (χ0n) is 12.3. The molecule has 0 saturated heterocycles. The van der Waals surface area contributed by atoms with Crippen LogP contribution in [0.25, 0.3) is 0 Å². The van der Waals surface area contributed by atoms with Crippen LogP contribution in [0.5, 0.6) is 0 Å². The lowest BCUT2D eigenvalue weighted by Crippen LogP contribution is -2.20. The van der Waals surface area contributed by atoms with Crippen molar-refractivity contribution in [2.75, 3.05) is 6.54 Å². The summed E-state index contributed by atoms with van der Waals surface area (Å²) in [4.78, 5) is 1.47. The lowest BCUT2D eigenvalue weighted by Gasteiger charge is -2.21. The molecule has 0 fully saturated rings. The highest BCUT2D eigenvalue weighted by Gasteiger charge is 2.16. The molecule has 1 rings (SSSR count). The van der Waals surface area contributed by atoms with E-state index in [-0.39, 0.29) is 0 Å². The van der Waals surface area contributed by atoms with Gasteiger partial charge in [0, 0.05) is 10.9 Å². The standard InChI is InChI=1S/C15H26BrNS/c1-6-17-12(8-7-9-15(3,4)5)13-10-11(2)14(16)18-13/h10,12,17H,6-9H2,1-5H3. The molecule has 1 N–H and O–H groups in total. The van der Waals surface area contributed by atoms with Gasteiger partial charge in [0.25, 0.3) is 0 Å². The molecule has 3 heteroatoms. The average Bonchev–Trinajstić information content (AvgIpc) is 2.56. The van der Waals surface area contributed by atoms with Gasteiger partial charge in [0.1, 0.15) is 0 Å². The first kappa shape index (κ1) is 16.2. The summed E-state index contributed by atoms with van der Waals surface area (Å²) in [6, 6.07) is 2.84. The summed E-state index contributed by atoms with van der Waals surface area (Å²) in [6.45, 7) is 12.4. The van der Waals surface area contributed by atoms with Crippen LogP contribution < -0.4 is 5.32 Å². The van der Waals surface area contributed by atoms with Crippen LogP contribution in [0.15, 0.2) is 9.85 Å². The van der Waals surface area contributed by atoms with E-state index in [2.05, 4.69) is 61.9 Å². The summed E-state index contributed by atoms with van der Waals surface area (Å²) in [5, 5.41) is 3.62. The maximum Gasteiger partial charge on any atom is 0.0731 e. The molecule has 1 heterocycles. The van der Waals surface area contributed by atoms with Gasteiger partial charge < -0.3 is 5.32 Å². The number of rotatable bonds is 6. The number of nitrogens with one attached hydrogen (secondary N) is 1. The predicted octanol–water partition coefficient (Wildman–Crippen LogP) is 5.69. The Morgan fingerprint density at radius 1 is 1.39 bits per heavy atom. The van der Waals surface area contributed by atoms with Crippen LogP contribution in [0.2, 0.25) is 0 Å². The van der Waals surface area contributed by atoms with E-state index in [0.717, 1.165) is 6.54 Å². The van der Waals surface area contributed by atoms with Crippen LogP contribution in [-0.2, 0) is 0 Å². The molecular formula is C15H26BrNS. The van der Waals surface area contributed by atoms with Gasteiger partial charge in [-0.05, 0) is 59.3 Å². The molecule has 1 nitrogen and oxygen atoms in total. The predicted molar refractivity (Wildman–Crippen MR) is 86.5 cm³/mol. The van der Waals surface area contributed by atoms with Crippen LogP contribution in [0.4, 0.5) is 0 Å². The Balaban J connectivity index is 2.60. The third-order valence-corrected chi connectivity index (χ3v) is 5.34. The van der Waals surface area contributed by atoms with Crippen molar-refractivity contribution in [3.63, 3.8) is 0 Å². The lowest BCUT2D eigenvalue weighted by molar-refractivity contribution is 0.345. The highest BCUT2D eigenvalue weighted by molar-refractivity contribution is 9.11. The summed E-state index contributed by atoms with van der Waals surface area (Å²) in [5.41, 5.74) is 1.80. The van der Waals surface area contributed by atoms with E-state index in [1.807, 2.05) is 11.3 Å². The second-order valence-electron chi connectivity index (χ2n) is 6.17. The van der Waals surface area contributed by atoms with Crippen LogP contribution >= 0.6 is 27.3 Å². The monoisotopic (exact) mass is 331 g/mol. The van der Waals surface area contributed by atoms with Crippen molar-refractivity contribution in [1.29, 1.82) is 0 Å². The van der Waals surface area contributed by atoms with Gasteiger partial charge in [-0.2, -0.15) is 0 Å². The fourth-order valence-electron chi connectivity index (χ4n) is 2.08. The van der Waals surface area contributed by atoms with E-state index in [1.165, 1.54) is 33.5 Å². The summed E-state index contributed by atoms with van der Waals surface area (Å²) < 4.78 is 1.27. The lowest BCUT2D eigenvalue weighted by atomic mass is 9.89. The van der Waals surface area contributed by atoms with Crippen molar-refractivity contribution in [3.05, 3.63) is 20.3 Å². The Labute approximate surface area is 125 Å². The average molecular weight is 332 g/mol. The molecule has 1 unspecified atom stereocenters. The van der Waals surface area contributed by atoms with Crippen molar-refractivity contribution >= 4 is 27.3 Å². The van der Waals surface area contributed by atoms with Gasteiger partial charge in [0.05, 0.1) is 3.79 Å². The van der Waals surface area contributed by atoms with Crippen molar-refractivity contribution in [2.45, 2.75) is 59.9 Å². The minimum absolute atomic E-state index is 0.447. The molecule has 0 saturated carbocycles. The number of hydrogen-bond donors (Lipinski definition) is 1. The zero-order chi connectivity index (χ0) is 13.8. The van der Waals surface area contributed by atoms with Gasteiger partial charge in [-0.25, -0.2) is 0 Å². The van der Waals surface area contributed by atoms with Gasteiger partial charge in [-0.3, -0.25) is 0 Å². The topological polar surface area (TPSA) is 12.0 Å². The van der Waals surface area contributed by atoms with Gasteiger partial charge in [-0.15, -0.1) is 11.3 Å². The largest absolute Gasteiger partial charge is 0.310 e. The van der Waals surface area contributed by atoms with Crippen LogP contribution in [0.3, 0.4) is 0 Å². The van der Waals surface area contributed by atoms with E-state index in [0.29, 0.717) is 11.5 Å².